The predicted octanol–water partition coefficient (Wildman–Crippen LogP) is 5.12. The van der Waals surface area contributed by atoms with Crippen LogP contribution in [0.5, 0.6) is 0 Å². The topological polar surface area (TPSA) is 50.2 Å². The summed E-state index contributed by atoms with van der Waals surface area (Å²) in [5, 5.41) is 14.9. The molecule has 0 aromatic heterocycles. The number of nitrogens with one attached hydrogen (secondary N) is 3. The van der Waals surface area contributed by atoms with Crippen molar-refractivity contribution in [3.63, 3.8) is 0 Å². The molecule has 0 unspecified atom stereocenters. The van der Waals surface area contributed by atoms with E-state index in [0.29, 0.717) is 0 Å². The van der Waals surface area contributed by atoms with Crippen molar-refractivity contribution in [1.29, 1.82) is 0 Å². The molecule has 0 aromatic carbocycles. The van der Waals surface area contributed by atoms with Gasteiger partial charge in [-0.05, 0) is 52.1 Å². The summed E-state index contributed by atoms with van der Waals surface area (Å²) in [6, 6.07) is 0. The molecule has 8 heteroatoms. The van der Waals surface area contributed by atoms with Crippen molar-refractivity contribution in [2.24, 2.45) is 0 Å². The maximum atomic E-state index is 4.51. The van der Waals surface area contributed by atoms with Gasteiger partial charge >= 0.3 is 0 Å². The second kappa shape index (κ2) is 63.1. The van der Waals surface area contributed by atoms with E-state index in [2.05, 4.69) is 21.3 Å². The molecule has 0 amide bonds. The van der Waals surface area contributed by atoms with E-state index in [9.17, 15) is 0 Å². The second-order valence-corrected chi connectivity index (χ2v) is 4.34. The Morgan fingerprint density at radius 2 is 0.630 bits per heavy atom. The van der Waals surface area contributed by atoms with Crippen molar-refractivity contribution < 1.29 is 21.7 Å². The van der Waals surface area contributed by atoms with Crippen molar-refractivity contribution in [1.82, 2.24) is 16.0 Å². The van der Waals surface area contributed by atoms with Crippen molar-refractivity contribution in [3.8, 4) is 0 Å². The van der Waals surface area contributed by atoms with Gasteiger partial charge in [-0.3, -0.25) is 0 Å². The Bertz CT molecular complexity index is 98.9. The first-order valence-corrected chi connectivity index (χ1v) is 6.75. The van der Waals surface area contributed by atoms with Gasteiger partial charge in [-0.2, -0.15) is 0 Å². The molecular weight excluding hydrogens is 438 g/mol. The van der Waals surface area contributed by atoms with Gasteiger partial charge in [0.05, 0.1) is 0 Å². The van der Waals surface area contributed by atoms with Crippen LogP contribution in [0, 0.1) is 52.0 Å². The summed E-state index contributed by atoms with van der Waals surface area (Å²) in [4.78, 5) is 0. The number of rotatable bonds is 0. The number of halogens is 3. The van der Waals surface area contributed by atoms with Gasteiger partial charge in [0.15, 0.2) is 0 Å². The molecule has 1 fully saturated rings. The van der Waals surface area contributed by atoms with Crippen molar-refractivity contribution in [3.05, 3.63) is 57.3 Å². The van der Waals surface area contributed by atoms with Crippen LogP contribution in [-0.2, 0) is 21.7 Å². The van der Waals surface area contributed by atoms with E-state index in [1.54, 1.807) is 0 Å². The van der Waals surface area contributed by atoms with E-state index in [4.69, 9.17) is 0 Å². The van der Waals surface area contributed by atoms with E-state index in [0.717, 1.165) is 52.4 Å². The van der Waals surface area contributed by atoms with Crippen molar-refractivity contribution >= 4 is 37.2 Å². The largest absolute Gasteiger partial charge is 0.662 e. The Kier molecular flexibility index (Phi) is 164. The van der Waals surface area contributed by atoms with Gasteiger partial charge < -0.3 is 73.3 Å². The molecular formula is C19H51Cl3N4Ti-8. The van der Waals surface area contributed by atoms with E-state index in [1.807, 2.05) is 0 Å². The predicted molar refractivity (Wildman–Crippen MR) is 137 cm³/mol. The first-order chi connectivity index (χ1) is 8.00. The third-order valence-corrected chi connectivity index (χ3v) is 2.75. The molecule has 0 aliphatic carbocycles. The molecule has 1 aliphatic rings. The summed E-state index contributed by atoms with van der Waals surface area (Å²) < 4.78 is 0. The van der Waals surface area contributed by atoms with Crippen LogP contribution in [0.1, 0.15) is 25.7 Å². The zero-order valence-electron chi connectivity index (χ0n) is 19.2. The fourth-order valence-corrected chi connectivity index (χ4v) is 1.80. The number of nitrogens with zero attached hydrogens (tertiary/aromatic N) is 1. The third-order valence-electron chi connectivity index (χ3n) is 2.75. The van der Waals surface area contributed by atoms with E-state index in [-0.39, 0.29) is 111 Å². The summed E-state index contributed by atoms with van der Waals surface area (Å²) >= 11 is 0. The minimum atomic E-state index is 0. The molecule has 1 rings (SSSR count). The zero-order chi connectivity index (χ0) is 11.3. The zero-order valence-corrected chi connectivity index (χ0v) is 23.2. The molecule has 0 radical (unpaired) electrons. The Labute approximate surface area is 209 Å². The van der Waals surface area contributed by atoms with Crippen LogP contribution in [0.3, 0.4) is 0 Å². The Morgan fingerprint density at radius 3 is 0.889 bits per heavy atom. The summed E-state index contributed by atoms with van der Waals surface area (Å²) in [6.07, 6.45) is 4.82. The number of hydrogen-bond donors (Lipinski definition) is 3. The van der Waals surface area contributed by atoms with Crippen LogP contribution in [0.2, 0.25) is 0 Å². The van der Waals surface area contributed by atoms with Crippen LogP contribution >= 0.6 is 37.2 Å². The minimum absolute atomic E-state index is 0. The summed E-state index contributed by atoms with van der Waals surface area (Å²) in [5.41, 5.74) is 0. The minimum Gasteiger partial charge on any atom is -0.662 e. The van der Waals surface area contributed by atoms with Crippen molar-refractivity contribution in [2.75, 3.05) is 52.4 Å². The molecule has 0 spiro atoms. The van der Waals surface area contributed by atoms with E-state index < -0.39 is 0 Å². The average molecular weight is 490 g/mol. The van der Waals surface area contributed by atoms with Crippen LogP contribution in [0.25, 0.3) is 5.32 Å². The van der Waals surface area contributed by atoms with Gasteiger partial charge in [0.2, 0.25) is 0 Å². The second-order valence-electron chi connectivity index (χ2n) is 4.34. The molecule has 1 aliphatic heterocycles. The number of hydrogen-bond acceptors (Lipinski definition) is 3. The van der Waals surface area contributed by atoms with Crippen LogP contribution in [0.4, 0.5) is 0 Å². The van der Waals surface area contributed by atoms with Gasteiger partial charge in [-0.1, -0.05) is 12.8 Å². The Balaban J connectivity index is -0.0000000259. The molecule has 1 heterocycles. The third kappa shape index (κ3) is 58.4. The first kappa shape index (κ1) is 70.4. The van der Waals surface area contributed by atoms with Gasteiger partial charge in [-0.15, -0.1) is 50.3 Å². The molecule has 0 atom stereocenters. The SMILES string of the molecule is C1C[N-]CCCNCCCNCCCNC1.Cl.Cl.Cl.[CH3-].[CH3-].[CH3-].[CH3-].[CH3-].[CH3-].[CH3-].[Ti]. The van der Waals surface area contributed by atoms with Gasteiger partial charge in [0.25, 0.3) is 0 Å². The molecule has 0 saturated carbocycles. The fraction of sp³-hybridized carbons (Fsp3) is 0.632. The van der Waals surface area contributed by atoms with E-state index in [1.165, 1.54) is 25.7 Å². The standard InChI is InChI=1S/C12H27N4.7CH3.3ClH.Ti/c1-5-13-7-2-9-15-11-4-12-16-10-3-8-14-6-1;;;;;;;;;;;/h13-15H,1-12H2;7*1H3;3*1H;/q8*-1;;;;. The average Bonchev–Trinajstić information content (AvgIpc) is 2.29. The molecule has 0 aromatic rings. The van der Waals surface area contributed by atoms with Gasteiger partial charge in [0, 0.05) is 21.7 Å². The molecule has 4 nitrogen and oxygen atoms in total. The van der Waals surface area contributed by atoms with Gasteiger partial charge in [0.1, 0.15) is 0 Å². The van der Waals surface area contributed by atoms with Gasteiger partial charge in [-0.25, -0.2) is 0 Å². The maximum Gasteiger partial charge on any atom is 0 e. The fourth-order valence-electron chi connectivity index (χ4n) is 1.80. The molecule has 27 heavy (non-hydrogen) atoms. The quantitative estimate of drug-likeness (QED) is 0.327. The molecule has 3 N–H and O–H groups in total. The molecule has 0 bridgehead atoms. The smallest absolute Gasteiger partial charge is 0 e. The monoisotopic (exact) mass is 488 g/mol. The summed E-state index contributed by atoms with van der Waals surface area (Å²) in [5.74, 6) is 0. The molecule has 180 valence electrons. The maximum absolute atomic E-state index is 4.51. The molecule has 1 saturated heterocycles. The van der Waals surface area contributed by atoms with E-state index >= 15 is 0 Å². The Morgan fingerprint density at radius 1 is 0.407 bits per heavy atom. The van der Waals surface area contributed by atoms with Crippen molar-refractivity contribution in [2.45, 2.75) is 25.7 Å². The summed E-state index contributed by atoms with van der Waals surface area (Å²) in [7, 11) is 0. The van der Waals surface area contributed by atoms with Crippen LogP contribution in [0.15, 0.2) is 0 Å². The normalized spacial score (nSPS) is 14.2. The summed E-state index contributed by atoms with van der Waals surface area (Å²) in [6.45, 7) is 8.80. The first-order valence-electron chi connectivity index (χ1n) is 6.75. The van der Waals surface area contributed by atoms with Crippen LogP contribution in [-0.4, -0.2) is 52.4 Å². The Hall–Kier alpha value is 1.42. The van der Waals surface area contributed by atoms with Crippen LogP contribution < -0.4 is 16.0 Å².